The van der Waals surface area contributed by atoms with Crippen molar-refractivity contribution in [1.29, 1.82) is 5.26 Å². The van der Waals surface area contributed by atoms with Crippen molar-refractivity contribution >= 4 is 11.6 Å². The van der Waals surface area contributed by atoms with E-state index >= 15 is 0 Å². The molecule has 19 heavy (non-hydrogen) atoms. The molecule has 2 rings (SSSR count). The average Bonchev–Trinajstić information content (AvgIpc) is 2.37. The highest BCUT2D eigenvalue weighted by molar-refractivity contribution is 6.32. The number of halogens is 3. The van der Waals surface area contributed by atoms with E-state index in [2.05, 4.69) is 0 Å². The molecule has 0 fully saturated rings. The van der Waals surface area contributed by atoms with E-state index in [-0.39, 0.29) is 16.3 Å². The van der Waals surface area contributed by atoms with Crippen LogP contribution in [0.1, 0.15) is 11.1 Å². The first-order chi connectivity index (χ1) is 9.01. The molecule has 2 nitrogen and oxygen atoms in total. The van der Waals surface area contributed by atoms with Crippen LogP contribution in [0, 0.1) is 29.9 Å². The maximum Gasteiger partial charge on any atom is 0.198 e. The van der Waals surface area contributed by atoms with Crippen molar-refractivity contribution in [1.82, 2.24) is 0 Å². The number of rotatable bonds is 2. The Hall–Kier alpha value is -2.12. The van der Waals surface area contributed by atoms with Gasteiger partial charge in [0.15, 0.2) is 17.4 Å². The monoisotopic (exact) mass is 279 g/mol. The molecule has 96 valence electrons. The molecule has 0 aliphatic heterocycles. The zero-order valence-corrected chi connectivity index (χ0v) is 10.6. The maximum absolute atomic E-state index is 13.7. The van der Waals surface area contributed by atoms with Gasteiger partial charge in [-0.1, -0.05) is 17.7 Å². The Morgan fingerprint density at radius 2 is 1.79 bits per heavy atom. The van der Waals surface area contributed by atoms with Gasteiger partial charge in [-0.15, -0.1) is 0 Å². The molecule has 0 radical (unpaired) electrons. The predicted molar refractivity (Wildman–Crippen MR) is 67.3 cm³/mol. The van der Waals surface area contributed by atoms with E-state index in [1.165, 1.54) is 0 Å². The van der Waals surface area contributed by atoms with Gasteiger partial charge >= 0.3 is 0 Å². The average molecular weight is 280 g/mol. The van der Waals surface area contributed by atoms with Crippen molar-refractivity contribution in [2.45, 2.75) is 6.92 Å². The van der Waals surface area contributed by atoms with Crippen molar-refractivity contribution in [2.75, 3.05) is 0 Å². The number of nitriles is 1. The Bertz CT molecular complexity index is 657. The molecular weight excluding hydrogens is 272 g/mol. The standard InChI is InChI=1S/C14H8ClF2NO/c1-8-2-3-10(15)13(4-8)19-14-11(16)5-9(7-18)6-12(14)17/h2-6H,1H3. The summed E-state index contributed by atoms with van der Waals surface area (Å²) in [5.74, 6) is -2.32. The highest BCUT2D eigenvalue weighted by Gasteiger charge is 2.15. The Morgan fingerprint density at radius 3 is 2.37 bits per heavy atom. The van der Waals surface area contributed by atoms with Crippen LogP contribution in [0.2, 0.25) is 5.02 Å². The zero-order chi connectivity index (χ0) is 14.0. The molecule has 0 N–H and O–H groups in total. The quantitative estimate of drug-likeness (QED) is 0.805. The fraction of sp³-hybridized carbons (Fsp3) is 0.0714. The van der Waals surface area contributed by atoms with Crippen LogP contribution in [0.3, 0.4) is 0 Å². The summed E-state index contributed by atoms with van der Waals surface area (Å²) in [6.07, 6.45) is 0. The van der Waals surface area contributed by atoms with Crippen molar-refractivity contribution in [2.24, 2.45) is 0 Å². The highest BCUT2D eigenvalue weighted by atomic mass is 35.5. The molecule has 0 saturated heterocycles. The van der Waals surface area contributed by atoms with Crippen molar-refractivity contribution in [3.8, 4) is 17.6 Å². The Kier molecular flexibility index (Phi) is 3.68. The Morgan fingerprint density at radius 1 is 1.16 bits per heavy atom. The SMILES string of the molecule is Cc1ccc(Cl)c(Oc2c(F)cc(C#N)cc2F)c1. The molecule has 0 unspecified atom stereocenters. The molecule has 2 aromatic rings. The molecule has 0 saturated carbocycles. The molecule has 0 aliphatic carbocycles. The first kappa shape index (κ1) is 13.3. The molecular formula is C14H8ClF2NO. The summed E-state index contributed by atoms with van der Waals surface area (Å²) < 4.78 is 32.5. The fourth-order valence-electron chi connectivity index (χ4n) is 1.52. The second-order valence-electron chi connectivity index (χ2n) is 3.92. The molecule has 0 spiro atoms. The maximum atomic E-state index is 13.7. The van der Waals surface area contributed by atoms with Gasteiger partial charge in [0.05, 0.1) is 16.7 Å². The third kappa shape index (κ3) is 2.83. The van der Waals surface area contributed by atoms with Crippen LogP contribution in [0.25, 0.3) is 0 Å². The van der Waals surface area contributed by atoms with Crippen LogP contribution in [0.15, 0.2) is 30.3 Å². The topological polar surface area (TPSA) is 33.0 Å². The van der Waals surface area contributed by atoms with Crippen LogP contribution in [-0.2, 0) is 0 Å². The predicted octanol–water partition coefficient (Wildman–Crippen LogP) is 4.59. The number of benzene rings is 2. The first-order valence-electron chi connectivity index (χ1n) is 5.34. The van der Waals surface area contributed by atoms with Gasteiger partial charge in [-0.2, -0.15) is 5.26 Å². The minimum atomic E-state index is -0.950. The van der Waals surface area contributed by atoms with Gasteiger partial charge in [-0.05, 0) is 36.8 Å². The van der Waals surface area contributed by atoms with Crippen molar-refractivity contribution < 1.29 is 13.5 Å². The smallest absolute Gasteiger partial charge is 0.198 e. The summed E-state index contributed by atoms with van der Waals surface area (Å²) in [5.41, 5.74) is 0.728. The van der Waals surface area contributed by atoms with E-state index in [9.17, 15) is 8.78 Å². The summed E-state index contributed by atoms with van der Waals surface area (Å²) >= 11 is 5.89. The second-order valence-corrected chi connectivity index (χ2v) is 4.32. The minimum absolute atomic E-state index is 0.113. The van der Waals surface area contributed by atoms with Gasteiger partial charge in [0.2, 0.25) is 0 Å². The van der Waals surface area contributed by atoms with E-state index < -0.39 is 17.4 Å². The number of nitrogens with zero attached hydrogens (tertiary/aromatic N) is 1. The Labute approximate surface area is 113 Å². The van der Waals surface area contributed by atoms with Gasteiger partial charge in [-0.3, -0.25) is 0 Å². The third-order valence-corrected chi connectivity index (χ3v) is 2.74. The summed E-state index contributed by atoms with van der Waals surface area (Å²) in [6.45, 7) is 1.80. The largest absolute Gasteiger partial charge is 0.450 e. The third-order valence-electron chi connectivity index (χ3n) is 2.43. The van der Waals surface area contributed by atoms with E-state index in [1.807, 2.05) is 0 Å². The van der Waals surface area contributed by atoms with E-state index in [1.54, 1.807) is 31.2 Å². The molecule has 5 heteroatoms. The van der Waals surface area contributed by atoms with Crippen molar-refractivity contribution in [3.05, 3.63) is 58.1 Å². The van der Waals surface area contributed by atoms with Gasteiger partial charge in [-0.25, -0.2) is 8.78 Å². The van der Waals surface area contributed by atoms with Crippen LogP contribution in [-0.4, -0.2) is 0 Å². The highest BCUT2D eigenvalue weighted by Crippen LogP contribution is 2.33. The van der Waals surface area contributed by atoms with Gasteiger partial charge in [0, 0.05) is 0 Å². The van der Waals surface area contributed by atoms with E-state index in [4.69, 9.17) is 21.6 Å². The van der Waals surface area contributed by atoms with Crippen LogP contribution in [0.4, 0.5) is 8.78 Å². The van der Waals surface area contributed by atoms with Gasteiger partial charge < -0.3 is 4.74 Å². The van der Waals surface area contributed by atoms with Crippen LogP contribution >= 0.6 is 11.6 Å². The summed E-state index contributed by atoms with van der Waals surface area (Å²) in [5, 5.41) is 8.85. The minimum Gasteiger partial charge on any atom is -0.450 e. The molecule has 0 aliphatic rings. The van der Waals surface area contributed by atoms with Crippen LogP contribution in [0.5, 0.6) is 11.5 Å². The first-order valence-corrected chi connectivity index (χ1v) is 5.72. The van der Waals surface area contributed by atoms with Crippen LogP contribution < -0.4 is 4.74 Å². The molecule has 0 heterocycles. The molecule has 0 amide bonds. The Balaban J connectivity index is 2.44. The lowest BCUT2D eigenvalue weighted by Crippen LogP contribution is -1.95. The molecule has 0 bridgehead atoms. The number of aryl methyl sites for hydroxylation is 1. The molecule has 0 atom stereocenters. The number of ether oxygens (including phenoxy) is 1. The second kappa shape index (κ2) is 5.25. The van der Waals surface area contributed by atoms with Gasteiger partial charge in [0.1, 0.15) is 5.75 Å². The molecule has 2 aromatic carbocycles. The van der Waals surface area contributed by atoms with E-state index in [0.717, 1.165) is 17.7 Å². The van der Waals surface area contributed by atoms with Crippen molar-refractivity contribution in [3.63, 3.8) is 0 Å². The lowest BCUT2D eigenvalue weighted by molar-refractivity contribution is 0.407. The summed E-state index contributed by atoms with van der Waals surface area (Å²) in [4.78, 5) is 0. The lowest BCUT2D eigenvalue weighted by Gasteiger charge is -2.10. The van der Waals surface area contributed by atoms with Gasteiger partial charge in [0.25, 0.3) is 0 Å². The van der Waals surface area contributed by atoms with E-state index in [0.29, 0.717) is 0 Å². The number of hydrogen-bond acceptors (Lipinski definition) is 2. The summed E-state index contributed by atoms with van der Waals surface area (Å²) in [6, 6.07) is 8.36. The lowest BCUT2D eigenvalue weighted by atomic mass is 10.2. The molecule has 0 aromatic heterocycles. The zero-order valence-electron chi connectivity index (χ0n) is 9.88. The fourth-order valence-corrected chi connectivity index (χ4v) is 1.68. The number of hydrogen-bond donors (Lipinski definition) is 0. The summed E-state index contributed by atoms with van der Waals surface area (Å²) in [7, 11) is 0. The normalized spacial score (nSPS) is 10.1.